The summed E-state index contributed by atoms with van der Waals surface area (Å²) in [6, 6.07) is 13.1. The van der Waals surface area contributed by atoms with Crippen molar-refractivity contribution >= 4 is 35.4 Å². The summed E-state index contributed by atoms with van der Waals surface area (Å²) < 4.78 is 0. The Morgan fingerprint density at radius 1 is 1.13 bits per heavy atom. The molecule has 0 unspecified atom stereocenters. The molecule has 23 heavy (non-hydrogen) atoms. The summed E-state index contributed by atoms with van der Waals surface area (Å²) >= 11 is 12.3. The number of nitrogens with zero attached hydrogens (tertiary/aromatic N) is 3. The van der Waals surface area contributed by atoms with Gasteiger partial charge in [-0.25, -0.2) is 0 Å². The predicted octanol–water partition coefficient (Wildman–Crippen LogP) is 5.38. The predicted molar refractivity (Wildman–Crippen MR) is 95.6 cm³/mol. The standard InChI is InChI=1S/C17H15Cl2N3O/c18-16-5-2-6-17(19)15(16)8-7-12-3-1-4-13(9-12)10-14(23)11-21-22-20/h1-9,14,23H,10-11H2/t14-/m1/s1. The van der Waals surface area contributed by atoms with Gasteiger partial charge in [0.2, 0.25) is 0 Å². The van der Waals surface area contributed by atoms with Gasteiger partial charge in [-0.2, -0.15) is 0 Å². The zero-order valence-corrected chi connectivity index (χ0v) is 13.7. The summed E-state index contributed by atoms with van der Waals surface area (Å²) in [5.74, 6) is 0. The lowest BCUT2D eigenvalue weighted by molar-refractivity contribution is 0.183. The van der Waals surface area contributed by atoms with Crippen LogP contribution in [-0.4, -0.2) is 17.8 Å². The summed E-state index contributed by atoms with van der Waals surface area (Å²) in [7, 11) is 0. The highest BCUT2D eigenvalue weighted by Gasteiger charge is 2.05. The molecule has 0 spiro atoms. The zero-order valence-electron chi connectivity index (χ0n) is 12.2. The van der Waals surface area contributed by atoms with Gasteiger partial charge in [-0.05, 0) is 35.2 Å². The van der Waals surface area contributed by atoms with Crippen LogP contribution in [0.15, 0.2) is 47.6 Å². The van der Waals surface area contributed by atoms with Gasteiger partial charge in [-0.15, -0.1) is 0 Å². The van der Waals surface area contributed by atoms with Crippen molar-refractivity contribution in [3.05, 3.63) is 79.6 Å². The Morgan fingerprint density at radius 3 is 2.52 bits per heavy atom. The quantitative estimate of drug-likeness (QED) is 0.324. The fourth-order valence-electron chi connectivity index (χ4n) is 2.14. The van der Waals surface area contributed by atoms with E-state index in [1.54, 1.807) is 18.2 Å². The number of halogens is 2. The normalized spacial score (nSPS) is 12.1. The largest absolute Gasteiger partial charge is 0.393 e. The Labute approximate surface area is 144 Å². The molecule has 0 saturated heterocycles. The second kappa shape index (κ2) is 8.61. The first-order chi connectivity index (χ1) is 11.1. The molecule has 2 rings (SSSR count). The Morgan fingerprint density at radius 2 is 1.83 bits per heavy atom. The summed E-state index contributed by atoms with van der Waals surface area (Å²) in [6.07, 6.45) is 3.51. The number of azide groups is 1. The number of hydrogen-bond acceptors (Lipinski definition) is 2. The van der Waals surface area contributed by atoms with Crippen LogP contribution in [0.25, 0.3) is 22.6 Å². The van der Waals surface area contributed by atoms with Crippen molar-refractivity contribution in [2.24, 2.45) is 5.11 Å². The van der Waals surface area contributed by atoms with Crippen molar-refractivity contribution in [3.8, 4) is 0 Å². The third-order valence-corrected chi connectivity index (χ3v) is 3.88. The van der Waals surface area contributed by atoms with Crippen molar-refractivity contribution in [1.29, 1.82) is 0 Å². The van der Waals surface area contributed by atoms with E-state index >= 15 is 0 Å². The van der Waals surface area contributed by atoms with Crippen molar-refractivity contribution in [2.75, 3.05) is 6.54 Å². The molecule has 0 bridgehead atoms. The Hall–Kier alpha value is -1.97. The number of benzene rings is 2. The number of aliphatic hydroxyl groups is 1. The van der Waals surface area contributed by atoms with E-state index < -0.39 is 6.10 Å². The van der Waals surface area contributed by atoms with Crippen molar-refractivity contribution in [2.45, 2.75) is 12.5 Å². The summed E-state index contributed by atoms with van der Waals surface area (Å²) in [6.45, 7) is 0.0613. The second-order valence-corrected chi connectivity index (χ2v) is 5.80. The lowest BCUT2D eigenvalue weighted by Crippen LogP contribution is -2.13. The molecule has 4 nitrogen and oxygen atoms in total. The first kappa shape index (κ1) is 17.4. The van der Waals surface area contributed by atoms with Gasteiger partial charge in [-0.3, -0.25) is 0 Å². The molecule has 2 aromatic rings. The van der Waals surface area contributed by atoms with E-state index in [0.717, 1.165) is 16.7 Å². The van der Waals surface area contributed by atoms with E-state index in [2.05, 4.69) is 10.0 Å². The Balaban J connectivity index is 2.13. The third-order valence-electron chi connectivity index (χ3n) is 3.22. The van der Waals surface area contributed by atoms with E-state index in [-0.39, 0.29) is 6.54 Å². The molecule has 2 aromatic carbocycles. The molecule has 0 aliphatic rings. The van der Waals surface area contributed by atoms with Crippen LogP contribution in [0.2, 0.25) is 10.0 Å². The molecule has 118 valence electrons. The van der Waals surface area contributed by atoms with Crippen LogP contribution in [0.5, 0.6) is 0 Å². The van der Waals surface area contributed by atoms with Gasteiger partial charge in [0.15, 0.2) is 0 Å². The molecule has 0 saturated carbocycles. The monoisotopic (exact) mass is 347 g/mol. The molecule has 0 radical (unpaired) electrons. The topological polar surface area (TPSA) is 69.0 Å². The lowest BCUT2D eigenvalue weighted by Gasteiger charge is -2.08. The molecule has 0 aromatic heterocycles. The van der Waals surface area contributed by atoms with Crippen LogP contribution in [0.4, 0.5) is 0 Å². The van der Waals surface area contributed by atoms with Crippen molar-refractivity contribution < 1.29 is 5.11 Å². The third kappa shape index (κ3) is 5.31. The molecule has 0 heterocycles. The van der Waals surface area contributed by atoms with Gasteiger partial charge in [0.05, 0.1) is 12.6 Å². The van der Waals surface area contributed by atoms with Gasteiger partial charge < -0.3 is 5.11 Å². The van der Waals surface area contributed by atoms with E-state index in [1.165, 1.54) is 0 Å². The fraction of sp³-hybridized carbons (Fsp3) is 0.176. The average molecular weight is 348 g/mol. The van der Waals surface area contributed by atoms with Crippen LogP contribution in [0.1, 0.15) is 16.7 Å². The molecule has 0 aliphatic heterocycles. The van der Waals surface area contributed by atoms with Crippen LogP contribution in [-0.2, 0) is 6.42 Å². The summed E-state index contributed by atoms with van der Waals surface area (Å²) in [4.78, 5) is 2.64. The van der Waals surface area contributed by atoms with Crippen molar-refractivity contribution in [1.82, 2.24) is 0 Å². The van der Waals surface area contributed by atoms with Crippen molar-refractivity contribution in [3.63, 3.8) is 0 Å². The molecule has 0 amide bonds. The number of hydrogen-bond donors (Lipinski definition) is 1. The maximum atomic E-state index is 9.79. The maximum absolute atomic E-state index is 9.79. The highest BCUT2D eigenvalue weighted by Crippen LogP contribution is 2.26. The Kier molecular flexibility index (Phi) is 6.51. The second-order valence-electron chi connectivity index (χ2n) is 4.99. The lowest BCUT2D eigenvalue weighted by atomic mass is 10.0. The van der Waals surface area contributed by atoms with E-state index in [1.807, 2.05) is 36.4 Å². The van der Waals surface area contributed by atoms with E-state index in [4.69, 9.17) is 28.7 Å². The number of aliphatic hydroxyl groups excluding tert-OH is 1. The molecular formula is C17H15Cl2N3O. The van der Waals surface area contributed by atoms with Gasteiger partial charge in [-0.1, -0.05) is 70.8 Å². The minimum absolute atomic E-state index is 0.0613. The fourth-order valence-corrected chi connectivity index (χ4v) is 2.66. The minimum atomic E-state index is -0.692. The van der Waals surface area contributed by atoms with Crippen LogP contribution in [0.3, 0.4) is 0 Å². The van der Waals surface area contributed by atoms with Crippen LogP contribution in [0, 0.1) is 0 Å². The first-order valence-corrected chi connectivity index (χ1v) is 7.75. The smallest absolute Gasteiger partial charge is 0.0636 e. The van der Waals surface area contributed by atoms with Crippen LogP contribution < -0.4 is 0 Å². The minimum Gasteiger partial charge on any atom is -0.393 e. The first-order valence-electron chi connectivity index (χ1n) is 7.00. The Bertz CT molecular complexity index is 735. The molecule has 1 atom stereocenters. The van der Waals surface area contributed by atoms with E-state index in [0.29, 0.717) is 16.5 Å². The van der Waals surface area contributed by atoms with Gasteiger partial charge >= 0.3 is 0 Å². The molecule has 6 heteroatoms. The summed E-state index contributed by atoms with van der Waals surface area (Å²) in [5, 5.41) is 14.3. The van der Waals surface area contributed by atoms with Gasteiger partial charge in [0.1, 0.15) is 0 Å². The van der Waals surface area contributed by atoms with Gasteiger partial charge in [0, 0.05) is 20.5 Å². The average Bonchev–Trinajstić information content (AvgIpc) is 2.53. The molecule has 1 N–H and O–H groups in total. The highest BCUT2D eigenvalue weighted by molar-refractivity contribution is 6.37. The number of rotatable bonds is 6. The van der Waals surface area contributed by atoms with Crippen LogP contribution >= 0.6 is 23.2 Å². The van der Waals surface area contributed by atoms with E-state index in [9.17, 15) is 5.11 Å². The molecule has 0 aliphatic carbocycles. The SMILES string of the molecule is [N-]=[N+]=NC[C@H](O)Cc1cccc(C=Cc2c(Cl)cccc2Cl)c1. The summed E-state index contributed by atoms with van der Waals surface area (Å²) in [5.41, 5.74) is 11.0. The zero-order chi connectivity index (χ0) is 16.7. The maximum Gasteiger partial charge on any atom is 0.0636 e. The highest BCUT2D eigenvalue weighted by atomic mass is 35.5. The van der Waals surface area contributed by atoms with Gasteiger partial charge in [0.25, 0.3) is 0 Å². The molecule has 0 fully saturated rings. The molecular weight excluding hydrogens is 333 g/mol.